The molecule has 3 aromatic carbocycles. The topological polar surface area (TPSA) is 29.5 Å². The van der Waals surface area contributed by atoms with E-state index in [1.807, 2.05) is 42.5 Å². The van der Waals surface area contributed by atoms with Crippen molar-refractivity contribution >= 4 is 18.4 Å². The maximum absolute atomic E-state index is 11.0. The Labute approximate surface area is 181 Å². The Morgan fingerprint density at radius 3 is 1.60 bits per heavy atom. The van der Waals surface area contributed by atoms with Gasteiger partial charge in [-0.05, 0) is 21.0 Å². The highest BCUT2D eigenvalue weighted by Gasteiger charge is 2.47. The number of aliphatic hydroxyl groups is 1. The van der Waals surface area contributed by atoms with Gasteiger partial charge in [-0.1, -0.05) is 118 Å². The molecule has 154 valence electrons. The average molecular weight is 415 g/mol. The van der Waals surface area contributed by atoms with E-state index >= 15 is 0 Å². The highest BCUT2D eigenvalue weighted by Crippen LogP contribution is 2.35. The number of hydrogen-bond donors (Lipinski definition) is 1. The van der Waals surface area contributed by atoms with Crippen LogP contribution >= 0.6 is 0 Å². The molecule has 0 bridgehead atoms. The molecule has 0 spiro atoms. The summed E-state index contributed by atoms with van der Waals surface area (Å²) in [4.78, 5) is 0. The van der Waals surface area contributed by atoms with Crippen molar-refractivity contribution in [2.24, 2.45) is 0 Å². The molecule has 0 aromatic heterocycles. The van der Waals surface area contributed by atoms with Crippen molar-refractivity contribution in [3.05, 3.63) is 96.6 Å². The minimum atomic E-state index is -2.55. The van der Waals surface area contributed by atoms with Crippen LogP contribution in [0.25, 0.3) is 0 Å². The molecule has 0 saturated heterocycles. The lowest BCUT2D eigenvalue weighted by atomic mass is 10.1. The molecule has 0 aliphatic heterocycles. The molecular weight excluding hydrogens is 384 g/mol. The summed E-state index contributed by atoms with van der Waals surface area (Å²) in [6.45, 7) is 6.77. The molecule has 0 fully saturated rings. The van der Waals surface area contributed by atoms with Crippen LogP contribution in [0.5, 0.6) is 0 Å². The Bertz CT molecular complexity index is 944. The van der Waals surface area contributed by atoms with E-state index in [9.17, 15) is 5.11 Å². The average Bonchev–Trinajstić information content (AvgIpc) is 2.76. The first-order valence-electron chi connectivity index (χ1n) is 10.3. The number of hydrogen-bond acceptors (Lipinski definition) is 2. The van der Waals surface area contributed by atoms with Crippen LogP contribution in [0.2, 0.25) is 5.04 Å². The van der Waals surface area contributed by atoms with Crippen LogP contribution in [0.15, 0.2) is 91.0 Å². The van der Waals surface area contributed by atoms with Gasteiger partial charge in [-0.3, -0.25) is 0 Å². The third kappa shape index (κ3) is 4.42. The van der Waals surface area contributed by atoms with Gasteiger partial charge >= 0.3 is 0 Å². The van der Waals surface area contributed by atoms with Crippen molar-refractivity contribution in [1.82, 2.24) is 0 Å². The quantitative estimate of drug-likeness (QED) is 0.497. The molecule has 3 aromatic rings. The van der Waals surface area contributed by atoms with Gasteiger partial charge in [-0.25, -0.2) is 0 Å². The summed E-state index contributed by atoms with van der Waals surface area (Å²) in [5.74, 6) is 3.22. The van der Waals surface area contributed by atoms with Gasteiger partial charge in [0.25, 0.3) is 0 Å². The van der Waals surface area contributed by atoms with Gasteiger partial charge in [0.2, 0.25) is 8.07 Å². The summed E-state index contributed by atoms with van der Waals surface area (Å²) in [7, 11) is -0.932. The van der Waals surface area contributed by atoms with Gasteiger partial charge in [0.1, 0.15) is 12.2 Å². The Hall–Kier alpha value is -2.64. The Kier molecular flexibility index (Phi) is 6.94. The van der Waals surface area contributed by atoms with Gasteiger partial charge < -0.3 is 9.84 Å². The zero-order chi connectivity index (χ0) is 21.6. The fourth-order valence-corrected chi connectivity index (χ4v) is 8.57. The number of aliphatic hydroxyl groups excluding tert-OH is 1. The van der Waals surface area contributed by atoms with Crippen molar-refractivity contribution in [3.63, 3.8) is 0 Å². The van der Waals surface area contributed by atoms with E-state index in [4.69, 9.17) is 4.74 Å². The largest absolute Gasteiger partial charge is 0.377 e. The van der Waals surface area contributed by atoms with Gasteiger partial charge in [0, 0.05) is 7.11 Å². The summed E-state index contributed by atoms with van der Waals surface area (Å²) in [5.41, 5.74) is 4.57. The molecule has 1 N–H and O–H groups in total. The van der Waals surface area contributed by atoms with Crippen LogP contribution in [0.3, 0.4) is 0 Å². The number of ether oxygens (including phenoxy) is 1. The molecule has 2 atom stereocenters. The van der Waals surface area contributed by atoms with Crippen LogP contribution in [0.1, 0.15) is 32.4 Å². The van der Waals surface area contributed by atoms with Gasteiger partial charge in [-0.2, -0.15) is 0 Å². The van der Waals surface area contributed by atoms with E-state index in [0.717, 1.165) is 5.56 Å². The maximum Gasteiger partial charge on any atom is 0.204 e. The Balaban J connectivity index is 2.15. The molecule has 30 heavy (non-hydrogen) atoms. The molecular formula is C27H30O2Si. The van der Waals surface area contributed by atoms with Crippen LogP contribution in [-0.2, 0) is 4.74 Å². The van der Waals surface area contributed by atoms with Gasteiger partial charge in [-0.15, -0.1) is 5.54 Å². The van der Waals surface area contributed by atoms with Crippen molar-refractivity contribution < 1.29 is 9.84 Å². The van der Waals surface area contributed by atoms with Crippen LogP contribution < -0.4 is 10.4 Å². The van der Waals surface area contributed by atoms with Crippen LogP contribution in [0, 0.1) is 11.5 Å². The second-order valence-electron chi connectivity index (χ2n) is 8.51. The molecule has 0 aliphatic rings. The van der Waals surface area contributed by atoms with E-state index in [-0.39, 0.29) is 5.04 Å². The van der Waals surface area contributed by atoms with E-state index in [1.165, 1.54) is 10.4 Å². The van der Waals surface area contributed by atoms with Crippen LogP contribution in [0.4, 0.5) is 0 Å². The number of rotatable bonds is 5. The molecule has 0 saturated carbocycles. The zero-order valence-electron chi connectivity index (χ0n) is 18.2. The standard InChI is InChI=1S/C27H30O2Si/c1-27(2,3)30(23-16-10-6-11-17-23,24-18-12-7-13-19-24)21-20-25(28)26(29-4)22-14-8-5-9-15-22/h5-19,25-26,28H,1-4H3/t25-,26+/m0/s1. The van der Waals surface area contributed by atoms with Crippen molar-refractivity contribution in [1.29, 1.82) is 0 Å². The van der Waals surface area contributed by atoms with Crippen molar-refractivity contribution in [3.8, 4) is 11.5 Å². The van der Waals surface area contributed by atoms with E-state index in [1.54, 1.807) is 7.11 Å². The maximum atomic E-state index is 11.0. The molecule has 0 unspecified atom stereocenters. The second kappa shape index (κ2) is 9.45. The minimum Gasteiger partial charge on any atom is -0.377 e. The first kappa shape index (κ1) is 22.1. The number of methoxy groups -OCH3 is 1. The minimum absolute atomic E-state index is 0.0856. The third-order valence-electron chi connectivity index (χ3n) is 5.61. The summed E-state index contributed by atoms with van der Waals surface area (Å²) in [6, 6.07) is 30.9. The fraction of sp³-hybridized carbons (Fsp3) is 0.259. The van der Waals surface area contributed by atoms with E-state index < -0.39 is 20.3 Å². The molecule has 0 radical (unpaired) electrons. The monoisotopic (exact) mass is 414 g/mol. The van der Waals surface area contributed by atoms with E-state index in [2.05, 4.69) is 80.8 Å². The lowest BCUT2D eigenvalue weighted by Crippen LogP contribution is -2.63. The molecule has 0 amide bonds. The zero-order valence-corrected chi connectivity index (χ0v) is 19.2. The summed E-state index contributed by atoms with van der Waals surface area (Å²) < 4.78 is 5.62. The smallest absolute Gasteiger partial charge is 0.204 e. The van der Waals surface area contributed by atoms with Crippen molar-refractivity contribution in [2.75, 3.05) is 7.11 Å². The first-order valence-corrected chi connectivity index (χ1v) is 12.3. The summed E-state index contributed by atoms with van der Waals surface area (Å²) >= 11 is 0. The highest BCUT2D eigenvalue weighted by atomic mass is 28.3. The molecule has 3 rings (SSSR count). The highest BCUT2D eigenvalue weighted by molar-refractivity contribution is 7.10. The molecule has 0 aliphatic carbocycles. The summed E-state index contributed by atoms with van der Waals surface area (Å²) in [6.07, 6.45) is -1.41. The summed E-state index contributed by atoms with van der Waals surface area (Å²) in [5, 5.41) is 13.4. The predicted molar refractivity (Wildman–Crippen MR) is 128 cm³/mol. The Morgan fingerprint density at radius 2 is 1.20 bits per heavy atom. The lowest BCUT2D eigenvalue weighted by Gasteiger charge is -2.39. The molecule has 2 nitrogen and oxygen atoms in total. The van der Waals surface area contributed by atoms with Gasteiger partial charge in [0.05, 0.1) is 0 Å². The third-order valence-corrected chi connectivity index (χ3v) is 10.8. The van der Waals surface area contributed by atoms with Gasteiger partial charge in [0.15, 0.2) is 0 Å². The normalized spacial score (nSPS) is 13.8. The van der Waals surface area contributed by atoms with Crippen LogP contribution in [-0.4, -0.2) is 26.4 Å². The Morgan fingerprint density at radius 1 is 0.767 bits per heavy atom. The van der Waals surface area contributed by atoms with Crippen molar-refractivity contribution in [2.45, 2.75) is 38.0 Å². The molecule has 0 heterocycles. The predicted octanol–water partition coefficient (Wildman–Crippen LogP) is 4.34. The van der Waals surface area contributed by atoms with E-state index in [0.29, 0.717) is 0 Å². The first-order chi connectivity index (χ1) is 14.4. The molecule has 3 heteroatoms. The SMILES string of the molecule is CO[C@H](c1ccccc1)[C@@H](O)C#C[Si](c1ccccc1)(c1ccccc1)C(C)(C)C. The fourth-order valence-electron chi connectivity index (χ4n) is 4.09. The number of benzene rings is 3. The second-order valence-corrected chi connectivity index (χ2v) is 12.9. The lowest BCUT2D eigenvalue weighted by molar-refractivity contribution is 0.0155.